The van der Waals surface area contributed by atoms with Gasteiger partial charge in [0.2, 0.25) is 0 Å². The average Bonchev–Trinajstić information content (AvgIpc) is 2.55. The first kappa shape index (κ1) is 23.2. The van der Waals surface area contributed by atoms with Crippen LogP contribution < -0.4 is 10.6 Å². The maximum Gasteiger partial charge on any atom is 0.00929 e. The van der Waals surface area contributed by atoms with Gasteiger partial charge in [-0.05, 0) is 92.5 Å². The Balaban J connectivity index is 1.60. The normalized spacial score (nSPS) is 36.0. The fraction of sp³-hybridized carbons (Fsp3) is 1.00. The highest BCUT2D eigenvalue weighted by molar-refractivity contribution is 4.88. The Morgan fingerprint density at radius 2 is 1.00 bits per heavy atom. The standard InChI is InChI=1S/C25H50N2/c1-18-16-20(24(3,4)5)10-12-22(18)26-14-9-15-27-23-13-11-21(17-19(23)2)25(6,7)8/h18-23,26-27H,9-17H2,1-8H3. The zero-order valence-electron chi connectivity index (χ0n) is 19.8. The van der Waals surface area contributed by atoms with E-state index in [0.717, 1.165) is 35.8 Å². The number of hydrogen-bond donors (Lipinski definition) is 2. The van der Waals surface area contributed by atoms with Crippen LogP contribution in [0.25, 0.3) is 0 Å². The minimum atomic E-state index is 0.478. The predicted molar refractivity (Wildman–Crippen MR) is 120 cm³/mol. The van der Waals surface area contributed by atoms with Crippen LogP contribution in [0.2, 0.25) is 0 Å². The molecule has 2 aliphatic rings. The van der Waals surface area contributed by atoms with Crippen LogP contribution >= 0.6 is 0 Å². The molecular formula is C25H50N2. The van der Waals surface area contributed by atoms with E-state index in [-0.39, 0.29) is 0 Å². The largest absolute Gasteiger partial charge is 0.314 e. The van der Waals surface area contributed by atoms with E-state index in [9.17, 15) is 0 Å². The lowest BCUT2D eigenvalue weighted by atomic mass is 9.68. The van der Waals surface area contributed by atoms with Crippen LogP contribution in [-0.2, 0) is 0 Å². The van der Waals surface area contributed by atoms with Gasteiger partial charge < -0.3 is 10.6 Å². The first-order valence-corrected chi connectivity index (χ1v) is 11.9. The highest BCUT2D eigenvalue weighted by Gasteiger charge is 2.34. The summed E-state index contributed by atoms with van der Waals surface area (Å²) >= 11 is 0. The SMILES string of the molecule is CC1CC(C(C)(C)C)CCC1NCCCNC1CCC(C(C)(C)C)CC1C. The van der Waals surface area contributed by atoms with Gasteiger partial charge in [-0.3, -0.25) is 0 Å². The second-order valence-electron chi connectivity index (χ2n) is 12.2. The molecule has 0 radical (unpaired) electrons. The van der Waals surface area contributed by atoms with Crippen LogP contribution in [0.15, 0.2) is 0 Å². The summed E-state index contributed by atoms with van der Waals surface area (Å²) in [7, 11) is 0. The first-order valence-electron chi connectivity index (χ1n) is 11.9. The summed E-state index contributed by atoms with van der Waals surface area (Å²) in [5.74, 6) is 3.45. The molecule has 0 bridgehead atoms. The minimum absolute atomic E-state index is 0.478. The Hall–Kier alpha value is -0.0800. The number of hydrogen-bond acceptors (Lipinski definition) is 2. The van der Waals surface area contributed by atoms with Gasteiger partial charge in [-0.15, -0.1) is 0 Å². The third-order valence-corrected chi connectivity index (χ3v) is 7.95. The lowest BCUT2D eigenvalue weighted by Gasteiger charge is -2.41. The van der Waals surface area contributed by atoms with Crippen molar-refractivity contribution < 1.29 is 0 Å². The lowest BCUT2D eigenvalue weighted by molar-refractivity contribution is 0.119. The van der Waals surface area contributed by atoms with Crippen LogP contribution in [0.1, 0.15) is 100 Å². The molecule has 160 valence electrons. The number of nitrogens with one attached hydrogen (secondary N) is 2. The molecule has 2 rings (SSSR count). The molecule has 2 N–H and O–H groups in total. The highest BCUT2D eigenvalue weighted by Crippen LogP contribution is 2.41. The van der Waals surface area contributed by atoms with Gasteiger partial charge >= 0.3 is 0 Å². The lowest BCUT2D eigenvalue weighted by Crippen LogP contribution is -2.44. The third kappa shape index (κ3) is 7.03. The summed E-state index contributed by atoms with van der Waals surface area (Å²) in [5, 5.41) is 7.76. The Kier molecular flexibility index (Phi) is 8.26. The zero-order valence-corrected chi connectivity index (χ0v) is 19.8. The predicted octanol–water partition coefficient (Wildman–Crippen LogP) is 6.26. The Bertz CT molecular complexity index is 391. The van der Waals surface area contributed by atoms with Gasteiger partial charge in [-0.25, -0.2) is 0 Å². The van der Waals surface area contributed by atoms with Gasteiger partial charge in [0.1, 0.15) is 0 Å². The van der Waals surface area contributed by atoms with Crippen LogP contribution in [0.5, 0.6) is 0 Å². The van der Waals surface area contributed by atoms with E-state index in [1.165, 1.54) is 58.0 Å². The molecule has 6 unspecified atom stereocenters. The molecule has 0 aromatic carbocycles. The van der Waals surface area contributed by atoms with Crippen LogP contribution in [-0.4, -0.2) is 25.2 Å². The molecule has 27 heavy (non-hydrogen) atoms. The van der Waals surface area contributed by atoms with E-state index in [1.54, 1.807) is 0 Å². The summed E-state index contributed by atoms with van der Waals surface area (Å²) in [6, 6.07) is 1.48. The molecule has 2 saturated carbocycles. The van der Waals surface area contributed by atoms with Crippen molar-refractivity contribution in [2.24, 2.45) is 34.5 Å². The van der Waals surface area contributed by atoms with Crippen LogP contribution in [0, 0.1) is 34.5 Å². The minimum Gasteiger partial charge on any atom is -0.314 e. The first-order chi connectivity index (χ1) is 12.5. The molecule has 0 aromatic rings. The third-order valence-electron chi connectivity index (χ3n) is 7.95. The molecule has 2 heteroatoms. The van der Waals surface area contributed by atoms with Crippen molar-refractivity contribution in [1.82, 2.24) is 10.6 Å². The van der Waals surface area contributed by atoms with Gasteiger partial charge in [0.05, 0.1) is 0 Å². The van der Waals surface area contributed by atoms with E-state index in [2.05, 4.69) is 66.0 Å². The smallest absolute Gasteiger partial charge is 0.00929 e. The second kappa shape index (κ2) is 9.61. The molecule has 2 aliphatic carbocycles. The summed E-state index contributed by atoms with van der Waals surface area (Å²) in [4.78, 5) is 0. The van der Waals surface area contributed by atoms with Crippen molar-refractivity contribution in [3.63, 3.8) is 0 Å². The highest BCUT2D eigenvalue weighted by atomic mass is 14.9. The van der Waals surface area contributed by atoms with E-state index in [4.69, 9.17) is 0 Å². The average molecular weight is 379 g/mol. The monoisotopic (exact) mass is 378 g/mol. The Morgan fingerprint density at radius 3 is 1.30 bits per heavy atom. The van der Waals surface area contributed by atoms with Crippen molar-refractivity contribution in [2.45, 2.75) is 112 Å². The van der Waals surface area contributed by atoms with E-state index < -0.39 is 0 Å². The van der Waals surface area contributed by atoms with Crippen molar-refractivity contribution in [1.29, 1.82) is 0 Å². The number of rotatable bonds is 6. The molecule has 2 nitrogen and oxygen atoms in total. The molecule has 0 aromatic heterocycles. The van der Waals surface area contributed by atoms with Crippen molar-refractivity contribution in [2.75, 3.05) is 13.1 Å². The molecule has 0 spiro atoms. The summed E-state index contributed by atoms with van der Waals surface area (Å²) in [6.45, 7) is 21.8. The molecule has 0 heterocycles. The summed E-state index contributed by atoms with van der Waals surface area (Å²) in [6.07, 6.45) is 9.59. The van der Waals surface area contributed by atoms with Crippen molar-refractivity contribution in [3.05, 3.63) is 0 Å². The maximum atomic E-state index is 3.88. The van der Waals surface area contributed by atoms with Crippen molar-refractivity contribution >= 4 is 0 Å². The van der Waals surface area contributed by atoms with Gasteiger partial charge in [0, 0.05) is 12.1 Å². The van der Waals surface area contributed by atoms with Crippen LogP contribution in [0.3, 0.4) is 0 Å². The summed E-state index contributed by atoms with van der Waals surface area (Å²) < 4.78 is 0. The zero-order chi connectivity index (χ0) is 20.2. The van der Waals surface area contributed by atoms with Gasteiger partial charge in [0.25, 0.3) is 0 Å². The molecule has 0 amide bonds. The van der Waals surface area contributed by atoms with E-state index >= 15 is 0 Å². The Morgan fingerprint density at radius 1 is 0.630 bits per heavy atom. The van der Waals surface area contributed by atoms with Crippen molar-refractivity contribution in [3.8, 4) is 0 Å². The molecule has 0 aliphatic heterocycles. The van der Waals surface area contributed by atoms with Gasteiger partial charge in [-0.2, -0.15) is 0 Å². The quantitative estimate of drug-likeness (QED) is 0.533. The summed E-state index contributed by atoms with van der Waals surface area (Å²) in [5.41, 5.74) is 0.956. The van der Waals surface area contributed by atoms with Gasteiger partial charge in [0.15, 0.2) is 0 Å². The fourth-order valence-corrected chi connectivity index (χ4v) is 5.64. The maximum absolute atomic E-state index is 3.88. The molecule has 6 atom stereocenters. The second-order valence-corrected chi connectivity index (χ2v) is 12.2. The van der Waals surface area contributed by atoms with E-state index in [0.29, 0.717) is 10.8 Å². The van der Waals surface area contributed by atoms with Crippen LogP contribution in [0.4, 0.5) is 0 Å². The van der Waals surface area contributed by atoms with E-state index in [1.807, 2.05) is 0 Å². The molecule has 0 saturated heterocycles. The topological polar surface area (TPSA) is 24.1 Å². The fourth-order valence-electron chi connectivity index (χ4n) is 5.64. The molecular weight excluding hydrogens is 328 g/mol. The molecule has 2 fully saturated rings. The van der Waals surface area contributed by atoms with Gasteiger partial charge in [-0.1, -0.05) is 55.4 Å². The Labute approximate surface area is 171 Å².